The number of rotatable bonds is 5. The average Bonchev–Trinajstić information content (AvgIpc) is 2.83. The van der Waals surface area contributed by atoms with Crippen molar-refractivity contribution in [3.63, 3.8) is 0 Å². The molecule has 0 radical (unpaired) electrons. The summed E-state index contributed by atoms with van der Waals surface area (Å²) in [5, 5.41) is 3.05. The van der Waals surface area contributed by atoms with Crippen LogP contribution in [-0.2, 0) is 4.74 Å². The molecule has 0 bridgehead atoms. The molecule has 1 fully saturated rings. The fourth-order valence-corrected chi connectivity index (χ4v) is 1.95. The number of aromatic nitrogens is 2. The Labute approximate surface area is 109 Å². The number of ether oxygens (including phenoxy) is 2. The molecule has 2 heterocycles. The number of hydrogen-bond acceptors (Lipinski definition) is 5. The third-order valence-electron chi connectivity index (χ3n) is 2.48. The second-order valence-corrected chi connectivity index (χ2v) is 4.68. The van der Waals surface area contributed by atoms with E-state index in [9.17, 15) is 0 Å². The van der Waals surface area contributed by atoms with Crippen LogP contribution in [0.25, 0.3) is 0 Å². The van der Waals surface area contributed by atoms with Gasteiger partial charge in [-0.2, -0.15) is 4.98 Å². The summed E-state index contributed by atoms with van der Waals surface area (Å²) in [6.07, 6.45) is 4.06. The molecule has 1 aliphatic rings. The predicted octanol–water partition coefficient (Wildman–Crippen LogP) is 2.23. The molecule has 0 aromatic carbocycles. The lowest BCUT2D eigenvalue weighted by molar-refractivity contribution is 0.0660. The topological polar surface area (TPSA) is 56.3 Å². The molecule has 17 heavy (non-hydrogen) atoms. The third-order valence-corrected chi connectivity index (χ3v) is 3.02. The number of hydrogen-bond donors (Lipinski definition) is 1. The van der Waals surface area contributed by atoms with Gasteiger partial charge in [-0.3, -0.25) is 0 Å². The quantitative estimate of drug-likeness (QED) is 0.904. The molecule has 0 spiro atoms. The van der Waals surface area contributed by atoms with Crippen molar-refractivity contribution in [3.8, 4) is 5.88 Å². The first-order valence-electron chi connectivity index (χ1n) is 5.80. The van der Waals surface area contributed by atoms with Gasteiger partial charge in [-0.05, 0) is 35.7 Å². The van der Waals surface area contributed by atoms with Gasteiger partial charge in [0.2, 0.25) is 11.8 Å². The summed E-state index contributed by atoms with van der Waals surface area (Å²) in [5.74, 6) is 1.14. The van der Waals surface area contributed by atoms with Crippen molar-refractivity contribution < 1.29 is 9.47 Å². The normalized spacial score (nSPS) is 19.3. The first kappa shape index (κ1) is 12.6. The molecular formula is C11H16BrN3O2. The minimum absolute atomic E-state index is 0.194. The zero-order valence-corrected chi connectivity index (χ0v) is 11.4. The van der Waals surface area contributed by atoms with Crippen LogP contribution in [-0.4, -0.2) is 35.8 Å². The highest BCUT2D eigenvalue weighted by atomic mass is 79.9. The fourth-order valence-electron chi connectivity index (χ4n) is 1.64. The highest BCUT2D eigenvalue weighted by Crippen LogP contribution is 2.23. The molecule has 1 aliphatic heterocycles. The van der Waals surface area contributed by atoms with Crippen LogP contribution in [0.4, 0.5) is 5.95 Å². The van der Waals surface area contributed by atoms with Crippen LogP contribution in [0, 0.1) is 0 Å². The van der Waals surface area contributed by atoms with Crippen LogP contribution in [0.1, 0.15) is 19.8 Å². The Bertz CT molecular complexity index is 370. The van der Waals surface area contributed by atoms with Gasteiger partial charge in [0.05, 0.1) is 16.8 Å². The highest BCUT2D eigenvalue weighted by molar-refractivity contribution is 9.10. The van der Waals surface area contributed by atoms with Crippen molar-refractivity contribution in [2.45, 2.75) is 25.9 Å². The molecular weight excluding hydrogens is 286 g/mol. The van der Waals surface area contributed by atoms with E-state index in [-0.39, 0.29) is 6.10 Å². The Hall–Kier alpha value is -0.880. The van der Waals surface area contributed by atoms with Gasteiger partial charge in [-0.15, -0.1) is 0 Å². The summed E-state index contributed by atoms with van der Waals surface area (Å²) >= 11 is 3.37. The van der Waals surface area contributed by atoms with Gasteiger partial charge < -0.3 is 14.8 Å². The Balaban J connectivity index is 1.95. The molecule has 1 aromatic rings. The van der Waals surface area contributed by atoms with E-state index in [0.29, 0.717) is 18.4 Å². The maximum Gasteiger partial charge on any atom is 0.232 e. The van der Waals surface area contributed by atoms with Crippen LogP contribution >= 0.6 is 15.9 Å². The summed E-state index contributed by atoms with van der Waals surface area (Å²) in [6, 6.07) is 0. The molecule has 0 amide bonds. The third kappa shape index (κ3) is 3.54. The average molecular weight is 302 g/mol. The second-order valence-electron chi connectivity index (χ2n) is 3.82. The van der Waals surface area contributed by atoms with E-state index < -0.39 is 0 Å². The summed E-state index contributed by atoms with van der Waals surface area (Å²) in [7, 11) is 0. The summed E-state index contributed by atoms with van der Waals surface area (Å²) in [6.45, 7) is 4.16. The maximum atomic E-state index is 5.64. The molecule has 1 aromatic heterocycles. The molecule has 0 saturated carbocycles. The van der Waals surface area contributed by atoms with Gasteiger partial charge in [-0.1, -0.05) is 0 Å². The number of nitrogens with zero attached hydrogens (tertiary/aromatic N) is 2. The van der Waals surface area contributed by atoms with Crippen molar-refractivity contribution in [1.82, 2.24) is 9.97 Å². The molecule has 1 saturated heterocycles. The van der Waals surface area contributed by atoms with E-state index in [4.69, 9.17) is 9.47 Å². The van der Waals surface area contributed by atoms with E-state index >= 15 is 0 Å². The molecule has 6 heteroatoms. The Morgan fingerprint density at radius 2 is 2.53 bits per heavy atom. The first-order valence-corrected chi connectivity index (χ1v) is 6.59. The van der Waals surface area contributed by atoms with Gasteiger partial charge in [0, 0.05) is 13.2 Å². The van der Waals surface area contributed by atoms with E-state index in [0.717, 1.165) is 30.5 Å². The summed E-state index contributed by atoms with van der Waals surface area (Å²) < 4.78 is 11.9. The molecule has 5 nitrogen and oxygen atoms in total. The van der Waals surface area contributed by atoms with E-state index in [1.807, 2.05) is 6.92 Å². The van der Waals surface area contributed by atoms with Crippen molar-refractivity contribution in [2.75, 3.05) is 25.1 Å². The van der Waals surface area contributed by atoms with Crippen LogP contribution in [0.15, 0.2) is 10.7 Å². The minimum Gasteiger partial charge on any atom is -0.474 e. The fraction of sp³-hybridized carbons (Fsp3) is 0.636. The van der Waals surface area contributed by atoms with E-state index in [2.05, 4.69) is 31.2 Å². The number of anilines is 1. The molecule has 94 valence electrons. The van der Waals surface area contributed by atoms with Gasteiger partial charge in [0.1, 0.15) is 6.61 Å². The molecule has 0 aliphatic carbocycles. The van der Waals surface area contributed by atoms with Gasteiger partial charge in [0.15, 0.2) is 0 Å². The molecule has 1 unspecified atom stereocenters. The number of nitrogens with one attached hydrogen (secondary N) is 1. The minimum atomic E-state index is 0.194. The van der Waals surface area contributed by atoms with Crippen molar-refractivity contribution >= 4 is 21.9 Å². The maximum absolute atomic E-state index is 5.64. The van der Waals surface area contributed by atoms with E-state index in [1.165, 1.54) is 0 Å². The molecule has 2 rings (SSSR count). The van der Waals surface area contributed by atoms with Gasteiger partial charge in [-0.25, -0.2) is 4.98 Å². The van der Waals surface area contributed by atoms with Gasteiger partial charge >= 0.3 is 0 Å². The predicted molar refractivity (Wildman–Crippen MR) is 68.4 cm³/mol. The lowest BCUT2D eigenvalue weighted by atomic mass is 10.2. The van der Waals surface area contributed by atoms with Crippen LogP contribution in [0.5, 0.6) is 5.88 Å². The monoisotopic (exact) mass is 301 g/mol. The first-order chi connectivity index (χ1) is 8.29. The highest BCUT2D eigenvalue weighted by Gasteiger charge is 2.17. The molecule has 1 N–H and O–H groups in total. The smallest absolute Gasteiger partial charge is 0.232 e. The van der Waals surface area contributed by atoms with Crippen molar-refractivity contribution in [2.24, 2.45) is 0 Å². The summed E-state index contributed by atoms with van der Waals surface area (Å²) in [4.78, 5) is 8.40. The van der Waals surface area contributed by atoms with E-state index in [1.54, 1.807) is 6.20 Å². The lowest BCUT2D eigenvalue weighted by Crippen LogP contribution is -2.17. The Morgan fingerprint density at radius 3 is 3.24 bits per heavy atom. The standard InChI is InChI=1S/C11H16BrN3O2/c1-2-13-11-14-6-9(12)10(15-11)17-7-8-4-3-5-16-8/h6,8H,2-5,7H2,1H3,(H,13,14,15). The van der Waals surface area contributed by atoms with Crippen molar-refractivity contribution in [3.05, 3.63) is 10.7 Å². The largest absolute Gasteiger partial charge is 0.474 e. The number of halogens is 1. The summed E-state index contributed by atoms with van der Waals surface area (Å²) in [5.41, 5.74) is 0. The zero-order valence-electron chi connectivity index (χ0n) is 9.78. The van der Waals surface area contributed by atoms with Crippen LogP contribution < -0.4 is 10.1 Å². The SMILES string of the molecule is CCNc1ncc(Br)c(OCC2CCCO2)n1. The van der Waals surface area contributed by atoms with Crippen molar-refractivity contribution in [1.29, 1.82) is 0 Å². The molecule has 1 atom stereocenters. The van der Waals surface area contributed by atoms with Crippen LogP contribution in [0.2, 0.25) is 0 Å². The zero-order chi connectivity index (χ0) is 12.1. The second kappa shape index (κ2) is 6.16. The van der Waals surface area contributed by atoms with Crippen LogP contribution in [0.3, 0.4) is 0 Å². The lowest BCUT2D eigenvalue weighted by Gasteiger charge is -2.12. The van der Waals surface area contributed by atoms with Gasteiger partial charge in [0.25, 0.3) is 0 Å². The Morgan fingerprint density at radius 1 is 1.65 bits per heavy atom. The Kier molecular flexibility index (Phi) is 4.56.